The number of methoxy groups -OCH3 is 2. The third-order valence-corrected chi connectivity index (χ3v) is 2.60. The number of nitrogens with zero attached hydrogens (tertiary/aromatic N) is 2. The normalized spacial score (nSPS) is 14.1. The topological polar surface area (TPSA) is 71.0 Å². The molecule has 0 bridgehead atoms. The Morgan fingerprint density at radius 3 is 2.67 bits per heavy atom. The largest absolute Gasteiger partial charge is 0.557 e. The van der Waals surface area contributed by atoms with Crippen molar-refractivity contribution in [3.63, 3.8) is 0 Å². The highest BCUT2D eigenvalue weighted by Gasteiger charge is 2.05. The second-order valence-corrected chi connectivity index (χ2v) is 3.81. The van der Waals surface area contributed by atoms with Crippen LogP contribution in [-0.2, 0) is 11.3 Å². The third kappa shape index (κ3) is 2.78. The summed E-state index contributed by atoms with van der Waals surface area (Å²) in [5.41, 5.74) is 10.3. The van der Waals surface area contributed by atoms with Crippen LogP contribution in [0.15, 0.2) is 30.3 Å². The number of hydrogen-bond donors (Lipinski definition) is 1. The second kappa shape index (κ2) is 5.50. The van der Waals surface area contributed by atoms with Crippen LogP contribution in [0.4, 0.5) is 0 Å². The van der Waals surface area contributed by atoms with Gasteiger partial charge in [0.1, 0.15) is 0 Å². The quantitative estimate of drug-likeness (QED) is 0.858. The van der Waals surface area contributed by atoms with Crippen LogP contribution in [0.25, 0.3) is 5.59 Å². The van der Waals surface area contributed by atoms with E-state index in [-0.39, 0.29) is 0 Å². The predicted molar refractivity (Wildman–Crippen MR) is 66.7 cm³/mol. The zero-order valence-corrected chi connectivity index (χ0v) is 10.4. The van der Waals surface area contributed by atoms with Gasteiger partial charge in [0, 0.05) is 12.7 Å². The van der Waals surface area contributed by atoms with Gasteiger partial charge >= 0.3 is 0 Å². The lowest BCUT2D eigenvalue weighted by molar-refractivity contribution is 0.251. The zero-order chi connectivity index (χ0) is 13.0. The molecule has 0 aromatic heterocycles. The number of nitrogens with two attached hydrogens (primary N) is 1. The molecule has 1 aromatic rings. The summed E-state index contributed by atoms with van der Waals surface area (Å²) in [7, 11) is 3.24. The van der Waals surface area contributed by atoms with Gasteiger partial charge in [-0.2, -0.15) is 0 Å². The van der Waals surface area contributed by atoms with Crippen molar-refractivity contribution in [1.29, 1.82) is 0 Å². The Balaban J connectivity index is 1.97. The van der Waals surface area contributed by atoms with E-state index in [1.165, 1.54) is 0 Å². The summed E-state index contributed by atoms with van der Waals surface area (Å²) in [6.07, 6.45) is 2.46. The third-order valence-electron chi connectivity index (χ3n) is 2.60. The summed E-state index contributed by atoms with van der Waals surface area (Å²) in [5.74, 6) is 1.75. The van der Waals surface area contributed by atoms with Crippen molar-refractivity contribution in [2.45, 2.75) is 6.42 Å². The molecule has 1 heterocycles. The van der Waals surface area contributed by atoms with Gasteiger partial charge < -0.3 is 30.6 Å². The summed E-state index contributed by atoms with van der Waals surface area (Å²) in [6, 6.07) is 5.82. The molecule has 0 spiro atoms. The molecule has 6 heteroatoms. The van der Waals surface area contributed by atoms with E-state index >= 15 is 0 Å². The molecule has 0 atom stereocenters. The van der Waals surface area contributed by atoms with Crippen molar-refractivity contribution in [3.8, 4) is 11.5 Å². The highest BCUT2D eigenvalue weighted by molar-refractivity contribution is 5.42. The minimum Gasteiger partial charge on any atom is -0.557 e. The van der Waals surface area contributed by atoms with Gasteiger partial charge in [-0.3, -0.25) is 0 Å². The first-order valence-corrected chi connectivity index (χ1v) is 5.55. The Bertz CT molecular complexity index is 448. The summed E-state index contributed by atoms with van der Waals surface area (Å²) >= 11 is 0. The van der Waals surface area contributed by atoms with Crippen molar-refractivity contribution >= 4 is 0 Å². The van der Waals surface area contributed by atoms with Crippen molar-refractivity contribution in [2.24, 2.45) is 5.73 Å². The lowest BCUT2D eigenvalue weighted by atomic mass is 10.1. The average Bonchev–Trinajstić information content (AvgIpc) is 2.81. The van der Waals surface area contributed by atoms with Crippen LogP contribution in [-0.4, -0.2) is 25.8 Å². The smallest absolute Gasteiger partial charge is 0.185 e. The maximum absolute atomic E-state index is 5.44. The van der Waals surface area contributed by atoms with Gasteiger partial charge in [0.05, 0.1) is 14.2 Å². The van der Waals surface area contributed by atoms with Gasteiger partial charge in [-0.25, -0.2) is 0 Å². The highest BCUT2D eigenvalue weighted by atomic mass is 16.7. The Morgan fingerprint density at radius 2 is 2.06 bits per heavy atom. The van der Waals surface area contributed by atoms with E-state index < -0.39 is 0 Å². The molecular formula is C12H16N3O3-. The van der Waals surface area contributed by atoms with Crippen LogP contribution >= 0.6 is 0 Å². The Labute approximate surface area is 106 Å². The SMILES string of the molecule is COc1ccc(CCN2C=C(N)O[N-]2)cc1OC. The number of ether oxygens (including phenoxy) is 2. The molecule has 0 saturated carbocycles. The van der Waals surface area contributed by atoms with Crippen LogP contribution in [0.1, 0.15) is 5.56 Å². The predicted octanol–water partition coefficient (Wildman–Crippen LogP) is 1.54. The molecule has 1 aromatic carbocycles. The molecule has 2 N–H and O–H groups in total. The van der Waals surface area contributed by atoms with Crippen LogP contribution in [0.3, 0.4) is 0 Å². The maximum Gasteiger partial charge on any atom is 0.185 e. The fraction of sp³-hybridized carbons (Fsp3) is 0.333. The number of hydrogen-bond acceptors (Lipinski definition) is 5. The molecule has 0 unspecified atom stereocenters. The molecule has 6 nitrogen and oxygen atoms in total. The van der Waals surface area contributed by atoms with E-state index in [0.29, 0.717) is 12.4 Å². The van der Waals surface area contributed by atoms with Crippen LogP contribution in [0, 0.1) is 0 Å². The van der Waals surface area contributed by atoms with Gasteiger partial charge in [-0.05, 0) is 24.1 Å². The first-order chi connectivity index (χ1) is 8.72. The molecule has 0 aliphatic carbocycles. The molecule has 18 heavy (non-hydrogen) atoms. The van der Waals surface area contributed by atoms with Crippen LogP contribution < -0.4 is 15.2 Å². The van der Waals surface area contributed by atoms with E-state index in [9.17, 15) is 0 Å². The van der Waals surface area contributed by atoms with Crippen LogP contribution in [0.5, 0.6) is 11.5 Å². The Hall–Kier alpha value is -2.08. The van der Waals surface area contributed by atoms with Crippen molar-refractivity contribution in [1.82, 2.24) is 5.01 Å². The van der Waals surface area contributed by atoms with Gasteiger partial charge in [0.15, 0.2) is 17.4 Å². The molecule has 0 amide bonds. The second-order valence-electron chi connectivity index (χ2n) is 3.81. The zero-order valence-electron chi connectivity index (χ0n) is 10.4. The first-order valence-electron chi connectivity index (χ1n) is 5.55. The maximum atomic E-state index is 5.44. The van der Waals surface area contributed by atoms with Crippen molar-refractivity contribution < 1.29 is 14.3 Å². The average molecular weight is 250 g/mol. The molecule has 0 saturated heterocycles. The van der Waals surface area contributed by atoms with Gasteiger partial charge in [0.2, 0.25) is 0 Å². The van der Waals surface area contributed by atoms with E-state index in [0.717, 1.165) is 23.5 Å². The number of benzene rings is 1. The van der Waals surface area contributed by atoms with Crippen molar-refractivity contribution in [2.75, 3.05) is 20.8 Å². The van der Waals surface area contributed by atoms with E-state index in [1.54, 1.807) is 25.4 Å². The standard InChI is InChI=1S/C12H16N3O3/c1-16-10-4-3-9(7-11(10)17-2)5-6-15-8-12(13)18-14-15/h3-4,7-8H,5-6,13H2,1-2H3/q-1. The first kappa shape index (κ1) is 12.4. The molecule has 1 aliphatic heterocycles. The monoisotopic (exact) mass is 250 g/mol. The van der Waals surface area contributed by atoms with Gasteiger partial charge in [-0.1, -0.05) is 6.07 Å². The van der Waals surface area contributed by atoms with E-state index in [1.807, 2.05) is 18.2 Å². The fourth-order valence-corrected chi connectivity index (χ4v) is 1.68. The minimum absolute atomic E-state index is 0.308. The summed E-state index contributed by atoms with van der Waals surface area (Å²) < 4.78 is 10.4. The lowest BCUT2D eigenvalue weighted by Crippen LogP contribution is -2.12. The highest BCUT2D eigenvalue weighted by Crippen LogP contribution is 2.28. The summed E-state index contributed by atoms with van der Waals surface area (Å²) in [4.78, 5) is 4.78. The Kier molecular flexibility index (Phi) is 3.78. The molecule has 2 rings (SSSR count). The van der Waals surface area contributed by atoms with E-state index in [4.69, 9.17) is 20.0 Å². The van der Waals surface area contributed by atoms with Crippen LogP contribution in [0.2, 0.25) is 0 Å². The lowest BCUT2D eigenvalue weighted by Gasteiger charge is -2.27. The number of rotatable bonds is 5. The van der Waals surface area contributed by atoms with E-state index in [2.05, 4.69) is 5.59 Å². The summed E-state index contributed by atoms with van der Waals surface area (Å²) in [6.45, 7) is 0.691. The molecule has 1 aliphatic rings. The molecule has 0 fully saturated rings. The summed E-state index contributed by atoms with van der Waals surface area (Å²) in [5, 5.41) is 1.66. The minimum atomic E-state index is 0.308. The van der Waals surface area contributed by atoms with Gasteiger partial charge in [0.25, 0.3) is 0 Å². The molecule has 98 valence electrons. The Morgan fingerprint density at radius 1 is 1.28 bits per heavy atom. The molecular weight excluding hydrogens is 234 g/mol. The fourth-order valence-electron chi connectivity index (χ4n) is 1.68. The molecule has 0 radical (unpaired) electrons. The van der Waals surface area contributed by atoms with Gasteiger partial charge in [-0.15, -0.1) is 0 Å². The van der Waals surface area contributed by atoms with Crippen molar-refractivity contribution in [3.05, 3.63) is 41.4 Å².